The second-order valence-electron chi connectivity index (χ2n) is 8.08. The van der Waals surface area contributed by atoms with E-state index in [4.69, 9.17) is 0 Å². The van der Waals surface area contributed by atoms with Crippen molar-refractivity contribution in [2.45, 2.75) is 26.7 Å². The largest absolute Gasteiger partial charge is 0.368 e. The molecular weight excluding hydrogens is 390 g/mol. The van der Waals surface area contributed by atoms with Crippen LogP contribution in [0, 0.1) is 5.92 Å². The van der Waals surface area contributed by atoms with Crippen LogP contribution < -0.4 is 20.5 Å². The molecule has 1 unspecified atom stereocenters. The van der Waals surface area contributed by atoms with Crippen LogP contribution in [0.15, 0.2) is 53.6 Å². The number of piperazine rings is 1. The molecule has 2 N–H and O–H groups in total. The summed E-state index contributed by atoms with van der Waals surface area (Å²) < 4.78 is 0. The molecule has 2 aromatic carbocycles. The zero-order chi connectivity index (χ0) is 21.8. The van der Waals surface area contributed by atoms with Crippen molar-refractivity contribution in [1.29, 1.82) is 0 Å². The Morgan fingerprint density at radius 2 is 1.81 bits per heavy atom. The van der Waals surface area contributed by atoms with Gasteiger partial charge in [-0.3, -0.25) is 9.59 Å². The topological polar surface area (TPSA) is 77.0 Å². The predicted molar refractivity (Wildman–Crippen MR) is 125 cm³/mol. The molecule has 1 fully saturated rings. The summed E-state index contributed by atoms with van der Waals surface area (Å²) in [6, 6.07) is 16.5. The maximum Gasteiger partial charge on any atom is 0.240 e. The standard InChI is InChI=1S/C24H29N5O2/c1-3-22(30)25-20-16-18(24-17(2)15-23(31)26-27-24)9-10-21(20)29-13-11-28(12-14-29)19-7-5-4-6-8-19/h4-10,16-17H,3,11-15H2,1-2H3,(H,25,30)(H,26,31). The van der Waals surface area contributed by atoms with Gasteiger partial charge in [-0.1, -0.05) is 38.1 Å². The number of carbonyl (C=O) groups is 2. The third-order valence-corrected chi connectivity index (χ3v) is 5.89. The summed E-state index contributed by atoms with van der Waals surface area (Å²) in [4.78, 5) is 28.5. The third-order valence-electron chi connectivity index (χ3n) is 5.89. The number of nitrogens with one attached hydrogen (secondary N) is 2. The highest BCUT2D eigenvalue weighted by Gasteiger charge is 2.24. The van der Waals surface area contributed by atoms with Crippen LogP contribution in [0.1, 0.15) is 32.3 Å². The van der Waals surface area contributed by atoms with Gasteiger partial charge in [0.2, 0.25) is 11.8 Å². The first kappa shape index (κ1) is 20.9. The average molecular weight is 420 g/mol. The molecule has 1 saturated heterocycles. The quantitative estimate of drug-likeness (QED) is 0.780. The second kappa shape index (κ2) is 9.20. The fraction of sp³-hybridized carbons (Fsp3) is 0.375. The Morgan fingerprint density at radius 1 is 1.10 bits per heavy atom. The lowest BCUT2D eigenvalue weighted by atomic mass is 9.93. The van der Waals surface area contributed by atoms with E-state index in [0.717, 1.165) is 48.8 Å². The van der Waals surface area contributed by atoms with Gasteiger partial charge in [-0.25, -0.2) is 5.43 Å². The maximum atomic E-state index is 12.2. The minimum Gasteiger partial charge on any atom is -0.368 e. The number of benzene rings is 2. The Balaban J connectivity index is 1.57. The van der Waals surface area contributed by atoms with E-state index in [0.29, 0.717) is 12.8 Å². The van der Waals surface area contributed by atoms with Crippen LogP contribution in [-0.4, -0.2) is 43.7 Å². The van der Waals surface area contributed by atoms with Gasteiger partial charge in [0.15, 0.2) is 0 Å². The van der Waals surface area contributed by atoms with Crippen LogP contribution in [0.2, 0.25) is 0 Å². The lowest BCUT2D eigenvalue weighted by molar-refractivity contribution is -0.122. The van der Waals surface area contributed by atoms with E-state index in [-0.39, 0.29) is 17.7 Å². The summed E-state index contributed by atoms with van der Waals surface area (Å²) >= 11 is 0. The Kier molecular flexibility index (Phi) is 6.21. The van der Waals surface area contributed by atoms with Gasteiger partial charge in [-0.05, 0) is 24.3 Å². The number of hydrogen-bond donors (Lipinski definition) is 2. The van der Waals surface area contributed by atoms with Gasteiger partial charge in [-0.15, -0.1) is 0 Å². The molecule has 0 saturated carbocycles. The predicted octanol–water partition coefficient (Wildman–Crippen LogP) is 3.22. The molecule has 1 atom stereocenters. The summed E-state index contributed by atoms with van der Waals surface area (Å²) in [7, 11) is 0. The lowest BCUT2D eigenvalue weighted by Crippen LogP contribution is -2.46. The van der Waals surface area contributed by atoms with E-state index in [2.05, 4.69) is 56.0 Å². The van der Waals surface area contributed by atoms with Crippen molar-refractivity contribution in [3.05, 3.63) is 54.1 Å². The van der Waals surface area contributed by atoms with Crippen molar-refractivity contribution in [2.24, 2.45) is 11.0 Å². The molecule has 7 heteroatoms. The van der Waals surface area contributed by atoms with Gasteiger partial charge in [0.1, 0.15) is 0 Å². The Bertz CT molecular complexity index is 981. The van der Waals surface area contributed by atoms with Crippen molar-refractivity contribution in [3.63, 3.8) is 0 Å². The van der Waals surface area contributed by atoms with E-state index in [1.165, 1.54) is 5.69 Å². The van der Waals surface area contributed by atoms with Gasteiger partial charge in [0.05, 0.1) is 17.1 Å². The van der Waals surface area contributed by atoms with Crippen LogP contribution >= 0.6 is 0 Å². The number of carbonyl (C=O) groups excluding carboxylic acids is 2. The van der Waals surface area contributed by atoms with Gasteiger partial charge in [0.25, 0.3) is 0 Å². The van der Waals surface area contributed by atoms with Crippen molar-refractivity contribution in [2.75, 3.05) is 41.3 Å². The summed E-state index contributed by atoms with van der Waals surface area (Å²) in [5.41, 5.74) is 7.39. The highest BCUT2D eigenvalue weighted by atomic mass is 16.2. The van der Waals surface area contributed by atoms with Crippen LogP contribution in [0.3, 0.4) is 0 Å². The van der Waals surface area contributed by atoms with Gasteiger partial charge < -0.3 is 15.1 Å². The van der Waals surface area contributed by atoms with Crippen LogP contribution in [0.4, 0.5) is 17.1 Å². The van der Waals surface area contributed by atoms with E-state index in [1.807, 2.05) is 32.0 Å². The molecule has 31 heavy (non-hydrogen) atoms. The lowest BCUT2D eigenvalue weighted by Gasteiger charge is -2.38. The fourth-order valence-corrected chi connectivity index (χ4v) is 4.16. The van der Waals surface area contributed by atoms with Crippen molar-refractivity contribution in [1.82, 2.24) is 5.43 Å². The average Bonchev–Trinajstić information content (AvgIpc) is 2.80. The molecule has 2 aromatic rings. The van der Waals surface area contributed by atoms with Crippen LogP contribution in [0.25, 0.3) is 0 Å². The van der Waals surface area contributed by atoms with Crippen molar-refractivity contribution >= 4 is 34.6 Å². The highest BCUT2D eigenvalue weighted by Crippen LogP contribution is 2.31. The molecule has 0 bridgehead atoms. The Hall–Kier alpha value is -3.35. The molecule has 162 valence electrons. The molecule has 2 aliphatic rings. The van der Waals surface area contributed by atoms with E-state index in [1.54, 1.807) is 0 Å². The summed E-state index contributed by atoms with van der Waals surface area (Å²) in [6.45, 7) is 7.43. The molecule has 0 aliphatic carbocycles. The molecule has 2 heterocycles. The van der Waals surface area contributed by atoms with Crippen LogP contribution in [0.5, 0.6) is 0 Å². The molecule has 2 amide bonds. The molecule has 0 radical (unpaired) electrons. The molecule has 4 rings (SSSR count). The highest BCUT2D eigenvalue weighted by molar-refractivity contribution is 6.07. The second-order valence-corrected chi connectivity index (χ2v) is 8.08. The van der Waals surface area contributed by atoms with Gasteiger partial charge in [-0.2, -0.15) is 5.10 Å². The SMILES string of the molecule is CCC(=O)Nc1cc(C2=NNC(=O)CC2C)ccc1N1CCN(c2ccccc2)CC1. The first-order chi connectivity index (χ1) is 15.0. The van der Waals surface area contributed by atoms with E-state index < -0.39 is 0 Å². The van der Waals surface area contributed by atoms with Gasteiger partial charge in [0, 0.05) is 56.2 Å². The number of rotatable bonds is 5. The number of para-hydroxylation sites is 1. The molecule has 0 spiro atoms. The Morgan fingerprint density at radius 3 is 2.48 bits per heavy atom. The van der Waals surface area contributed by atoms with E-state index >= 15 is 0 Å². The molecule has 2 aliphatic heterocycles. The minimum atomic E-state index is -0.0660. The Labute approximate surface area is 183 Å². The first-order valence-electron chi connectivity index (χ1n) is 10.9. The summed E-state index contributed by atoms with van der Waals surface area (Å²) in [5, 5.41) is 7.34. The molecule has 0 aromatic heterocycles. The number of hydrogen-bond acceptors (Lipinski definition) is 5. The molecular formula is C24H29N5O2. The number of hydrazone groups is 1. The zero-order valence-corrected chi connectivity index (χ0v) is 18.1. The minimum absolute atomic E-state index is 0.0201. The number of anilines is 3. The monoisotopic (exact) mass is 419 g/mol. The van der Waals surface area contributed by atoms with E-state index in [9.17, 15) is 9.59 Å². The van der Waals surface area contributed by atoms with Gasteiger partial charge >= 0.3 is 0 Å². The fourth-order valence-electron chi connectivity index (χ4n) is 4.16. The summed E-state index contributed by atoms with van der Waals surface area (Å²) in [6.07, 6.45) is 0.831. The normalized spacial score (nSPS) is 19.0. The summed E-state index contributed by atoms with van der Waals surface area (Å²) in [5.74, 6) is -0.0549. The number of amides is 2. The van der Waals surface area contributed by atoms with Crippen molar-refractivity contribution in [3.8, 4) is 0 Å². The first-order valence-corrected chi connectivity index (χ1v) is 10.9. The maximum absolute atomic E-state index is 12.2. The van der Waals surface area contributed by atoms with Crippen molar-refractivity contribution < 1.29 is 9.59 Å². The third kappa shape index (κ3) is 4.71. The zero-order valence-electron chi connectivity index (χ0n) is 18.1. The smallest absolute Gasteiger partial charge is 0.240 e. The van der Waals surface area contributed by atoms with Crippen LogP contribution in [-0.2, 0) is 9.59 Å². The molecule has 7 nitrogen and oxygen atoms in total. The number of nitrogens with zero attached hydrogens (tertiary/aromatic N) is 3.